The molecule has 1 aliphatic rings. The summed E-state index contributed by atoms with van der Waals surface area (Å²) < 4.78 is 18.8. The van der Waals surface area contributed by atoms with E-state index in [0.29, 0.717) is 0 Å². The summed E-state index contributed by atoms with van der Waals surface area (Å²) >= 11 is 0. The van der Waals surface area contributed by atoms with Gasteiger partial charge in [0, 0.05) is 37.2 Å². The molecule has 0 bridgehead atoms. The van der Waals surface area contributed by atoms with Gasteiger partial charge in [0.2, 0.25) is 0 Å². The van der Waals surface area contributed by atoms with Crippen LogP contribution in [-0.4, -0.2) is 47.7 Å². The van der Waals surface area contributed by atoms with Gasteiger partial charge in [-0.05, 0) is 72.5 Å². The molecule has 4 nitrogen and oxygen atoms in total. The van der Waals surface area contributed by atoms with Crippen LogP contribution in [0, 0.1) is 5.82 Å². The van der Waals surface area contributed by atoms with Crippen molar-refractivity contribution < 1.29 is 9.13 Å². The zero-order chi connectivity index (χ0) is 18.5. The molecule has 140 valence electrons. The van der Waals surface area contributed by atoms with Crippen LogP contribution in [0.25, 0.3) is 22.4 Å². The number of halogens is 1. The summed E-state index contributed by atoms with van der Waals surface area (Å²) in [4.78, 5) is 10.0. The van der Waals surface area contributed by atoms with Crippen LogP contribution in [0.15, 0.2) is 55.0 Å². The smallest absolute Gasteiger partial charge is 0.123 e. The minimum atomic E-state index is -0.221. The molecule has 0 radical (unpaired) electrons. The number of hydrogen-bond donors (Lipinski definition) is 1. The highest BCUT2D eigenvalue weighted by Crippen LogP contribution is 2.35. The quantitative estimate of drug-likeness (QED) is 0.714. The summed E-state index contributed by atoms with van der Waals surface area (Å²) in [5.74, 6) is -0.221. The van der Waals surface area contributed by atoms with E-state index in [1.165, 1.54) is 23.3 Å². The number of H-pyrrole nitrogens is 1. The fourth-order valence-electron chi connectivity index (χ4n) is 3.67. The average Bonchev–Trinajstić information content (AvgIpc) is 3.14. The van der Waals surface area contributed by atoms with E-state index in [1.807, 2.05) is 36.7 Å². The first-order valence-electron chi connectivity index (χ1n) is 9.48. The van der Waals surface area contributed by atoms with Crippen molar-refractivity contribution >= 4 is 0 Å². The molecule has 0 unspecified atom stereocenters. The van der Waals surface area contributed by atoms with E-state index in [1.54, 1.807) is 0 Å². The highest BCUT2D eigenvalue weighted by atomic mass is 19.1. The van der Waals surface area contributed by atoms with Crippen molar-refractivity contribution in [1.29, 1.82) is 0 Å². The summed E-state index contributed by atoms with van der Waals surface area (Å²) in [6.07, 6.45) is 7.81. The van der Waals surface area contributed by atoms with E-state index in [9.17, 15) is 4.39 Å². The molecule has 2 aromatic heterocycles. The SMILES string of the molecule is Fc1ccc(-c2[nH]cc(CCCN3CCOCC3)c2-c2ccncc2)cc1. The van der Waals surface area contributed by atoms with Crippen LogP contribution in [0.2, 0.25) is 0 Å². The number of aryl methyl sites for hydroxylation is 1. The van der Waals surface area contributed by atoms with Crippen molar-refractivity contribution in [1.82, 2.24) is 14.9 Å². The molecule has 0 atom stereocenters. The summed E-state index contributed by atoms with van der Waals surface area (Å²) in [5.41, 5.74) is 5.62. The molecule has 3 heterocycles. The van der Waals surface area contributed by atoms with Crippen LogP contribution in [0.3, 0.4) is 0 Å². The molecular weight excluding hydrogens is 341 g/mol. The molecule has 3 aromatic rings. The van der Waals surface area contributed by atoms with Gasteiger partial charge in [-0.15, -0.1) is 0 Å². The van der Waals surface area contributed by atoms with Gasteiger partial charge < -0.3 is 9.72 Å². The van der Waals surface area contributed by atoms with Gasteiger partial charge >= 0.3 is 0 Å². The Morgan fingerprint density at radius 3 is 2.48 bits per heavy atom. The monoisotopic (exact) mass is 365 g/mol. The van der Waals surface area contributed by atoms with Gasteiger partial charge in [0.15, 0.2) is 0 Å². The molecule has 1 N–H and O–H groups in total. The third-order valence-electron chi connectivity index (χ3n) is 5.09. The summed E-state index contributed by atoms with van der Waals surface area (Å²) in [5, 5.41) is 0. The number of rotatable bonds is 6. The third kappa shape index (κ3) is 4.26. The largest absolute Gasteiger partial charge is 0.379 e. The van der Waals surface area contributed by atoms with Crippen molar-refractivity contribution in [2.45, 2.75) is 12.8 Å². The van der Waals surface area contributed by atoms with Crippen LogP contribution in [0.1, 0.15) is 12.0 Å². The van der Waals surface area contributed by atoms with Crippen LogP contribution in [-0.2, 0) is 11.2 Å². The molecule has 1 aliphatic heterocycles. The summed E-state index contributed by atoms with van der Waals surface area (Å²) in [6, 6.07) is 10.7. The molecule has 27 heavy (non-hydrogen) atoms. The lowest BCUT2D eigenvalue weighted by atomic mass is 9.96. The molecular formula is C22H24FN3O. The van der Waals surface area contributed by atoms with Gasteiger partial charge in [-0.1, -0.05) is 0 Å². The second-order valence-electron chi connectivity index (χ2n) is 6.86. The number of aromatic amines is 1. The maximum absolute atomic E-state index is 13.3. The zero-order valence-corrected chi connectivity index (χ0v) is 15.3. The third-order valence-corrected chi connectivity index (χ3v) is 5.09. The van der Waals surface area contributed by atoms with Crippen molar-refractivity contribution in [3.63, 3.8) is 0 Å². The highest BCUT2D eigenvalue weighted by Gasteiger charge is 2.16. The lowest BCUT2D eigenvalue weighted by Gasteiger charge is -2.26. The van der Waals surface area contributed by atoms with E-state index in [-0.39, 0.29) is 5.82 Å². The van der Waals surface area contributed by atoms with E-state index in [4.69, 9.17) is 4.74 Å². The van der Waals surface area contributed by atoms with E-state index >= 15 is 0 Å². The normalized spacial score (nSPS) is 15.1. The van der Waals surface area contributed by atoms with Crippen molar-refractivity contribution in [3.8, 4) is 22.4 Å². The number of pyridine rings is 1. The fraction of sp³-hybridized carbons (Fsp3) is 0.318. The molecule has 1 aromatic carbocycles. The first-order valence-corrected chi connectivity index (χ1v) is 9.48. The molecule has 0 aliphatic carbocycles. The number of nitrogens with zero attached hydrogens (tertiary/aromatic N) is 2. The Morgan fingerprint density at radius 2 is 1.74 bits per heavy atom. The topological polar surface area (TPSA) is 41.2 Å². The van der Waals surface area contributed by atoms with Gasteiger partial charge in [0.1, 0.15) is 5.82 Å². The summed E-state index contributed by atoms with van der Waals surface area (Å²) in [6.45, 7) is 4.79. The number of hydrogen-bond acceptors (Lipinski definition) is 3. The number of benzene rings is 1. The molecule has 4 rings (SSSR count). The summed E-state index contributed by atoms with van der Waals surface area (Å²) in [7, 11) is 0. The molecule has 5 heteroatoms. The van der Waals surface area contributed by atoms with E-state index in [0.717, 1.165) is 62.5 Å². The van der Waals surface area contributed by atoms with Gasteiger partial charge in [0.25, 0.3) is 0 Å². The standard InChI is InChI=1S/C22H24FN3O/c23-20-5-3-18(4-6-20)22-21(17-7-9-24-10-8-17)19(16-25-22)2-1-11-26-12-14-27-15-13-26/h3-10,16,25H,1-2,11-15H2. The van der Waals surface area contributed by atoms with Crippen molar-refractivity contribution in [2.24, 2.45) is 0 Å². The second-order valence-corrected chi connectivity index (χ2v) is 6.86. The van der Waals surface area contributed by atoms with Gasteiger partial charge in [-0.2, -0.15) is 0 Å². The Morgan fingerprint density at radius 1 is 1.00 bits per heavy atom. The minimum Gasteiger partial charge on any atom is -0.379 e. The van der Waals surface area contributed by atoms with E-state index in [2.05, 4.69) is 21.1 Å². The lowest BCUT2D eigenvalue weighted by Crippen LogP contribution is -2.36. The first kappa shape index (κ1) is 17.9. The fourth-order valence-corrected chi connectivity index (χ4v) is 3.67. The highest BCUT2D eigenvalue weighted by molar-refractivity contribution is 5.83. The Bertz CT molecular complexity index is 855. The average molecular weight is 365 g/mol. The Hall–Kier alpha value is -2.50. The lowest BCUT2D eigenvalue weighted by molar-refractivity contribution is 0.0375. The van der Waals surface area contributed by atoms with Gasteiger partial charge in [-0.25, -0.2) is 4.39 Å². The van der Waals surface area contributed by atoms with Crippen LogP contribution in [0.5, 0.6) is 0 Å². The zero-order valence-electron chi connectivity index (χ0n) is 15.3. The number of aromatic nitrogens is 2. The predicted molar refractivity (Wildman–Crippen MR) is 105 cm³/mol. The first-order chi connectivity index (χ1) is 13.3. The molecule has 1 fully saturated rings. The van der Waals surface area contributed by atoms with Crippen molar-refractivity contribution in [2.75, 3.05) is 32.8 Å². The van der Waals surface area contributed by atoms with Crippen LogP contribution < -0.4 is 0 Å². The Balaban J connectivity index is 1.58. The molecule has 0 spiro atoms. The second kappa shape index (κ2) is 8.46. The van der Waals surface area contributed by atoms with Gasteiger partial charge in [-0.3, -0.25) is 9.88 Å². The van der Waals surface area contributed by atoms with Gasteiger partial charge in [0.05, 0.1) is 18.9 Å². The molecule has 0 amide bonds. The Labute approximate surface area is 159 Å². The maximum Gasteiger partial charge on any atom is 0.123 e. The number of nitrogens with one attached hydrogen (secondary N) is 1. The Kier molecular flexibility index (Phi) is 5.61. The van der Waals surface area contributed by atoms with E-state index < -0.39 is 0 Å². The number of morpholine rings is 1. The van der Waals surface area contributed by atoms with Crippen LogP contribution in [0.4, 0.5) is 4.39 Å². The maximum atomic E-state index is 13.3. The van der Waals surface area contributed by atoms with Crippen molar-refractivity contribution in [3.05, 3.63) is 66.4 Å². The number of ether oxygens (including phenoxy) is 1. The predicted octanol–water partition coefficient (Wildman–Crippen LogP) is 4.15. The molecule has 1 saturated heterocycles. The van der Waals surface area contributed by atoms with Crippen LogP contribution >= 0.6 is 0 Å². The minimum absolute atomic E-state index is 0.221. The molecule has 0 saturated carbocycles.